The van der Waals surface area contributed by atoms with Crippen molar-refractivity contribution in [2.45, 2.75) is 59.5 Å². The van der Waals surface area contributed by atoms with Crippen LogP contribution in [0.1, 0.15) is 59.1 Å². The molecule has 5 heteroatoms. The molecule has 4 rings (SSSR count). The van der Waals surface area contributed by atoms with Gasteiger partial charge in [0, 0.05) is 17.3 Å². The van der Waals surface area contributed by atoms with Crippen molar-refractivity contribution in [2.75, 3.05) is 0 Å². The second kappa shape index (κ2) is 7.30. The average molecular weight is 377 g/mol. The molecule has 0 radical (unpaired) electrons. The molecule has 0 spiro atoms. The molecule has 28 heavy (non-hydrogen) atoms. The second-order valence-electron chi connectivity index (χ2n) is 7.86. The van der Waals surface area contributed by atoms with Crippen LogP contribution in [0.2, 0.25) is 0 Å². The number of nitrogens with zero attached hydrogens (tertiary/aromatic N) is 3. The van der Waals surface area contributed by atoms with Gasteiger partial charge in [-0.1, -0.05) is 18.2 Å². The summed E-state index contributed by atoms with van der Waals surface area (Å²) in [6.07, 6.45) is 2.94. The van der Waals surface area contributed by atoms with Crippen molar-refractivity contribution in [1.82, 2.24) is 14.7 Å². The third-order valence-electron chi connectivity index (χ3n) is 5.48. The smallest absolute Gasteiger partial charge is 0.275 e. The van der Waals surface area contributed by atoms with Crippen LogP contribution in [-0.4, -0.2) is 26.6 Å². The molecule has 1 aliphatic carbocycles. The highest BCUT2D eigenvalue weighted by molar-refractivity contribution is 5.94. The summed E-state index contributed by atoms with van der Waals surface area (Å²) in [6, 6.07) is 12.1. The quantitative estimate of drug-likeness (QED) is 0.652. The Morgan fingerprint density at radius 2 is 1.96 bits per heavy atom. The summed E-state index contributed by atoms with van der Waals surface area (Å²) >= 11 is 0. The molecule has 2 heterocycles. The Labute approximate surface area is 166 Å². The molecule has 0 fully saturated rings. The largest absolute Gasteiger partial charge is 0.464 e. The Morgan fingerprint density at radius 3 is 2.64 bits per heavy atom. The zero-order chi connectivity index (χ0) is 19.8. The van der Waals surface area contributed by atoms with Crippen molar-refractivity contribution >= 4 is 5.91 Å². The number of para-hydroxylation sites is 1. The van der Waals surface area contributed by atoms with Crippen LogP contribution in [-0.2, 0) is 19.4 Å². The standard InChI is InChI=1S/C23H27N3O2/c1-15(2)25(14-18-13-12-17(4)28-18)23(27)22-19-9-7-11-21(19)26(24-22)20-10-6-5-8-16(20)3/h5-6,8,10,12-13,15H,7,9,11,14H2,1-4H3. The molecule has 1 amide bonds. The van der Waals surface area contributed by atoms with Crippen molar-refractivity contribution in [3.8, 4) is 5.69 Å². The van der Waals surface area contributed by atoms with E-state index in [2.05, 4.69) is 19.1 Å². The maximum Gasteiger partial charge on any atom is 0.275 e. The minimum atomic E-state index is -0.0189. The first-order valence-electron chi connectivity index (χ1n) is 9.98. The molecule has 1 aliphatic rings. The van der Waals surface area contributed by atoms with Gasteiger partial charge in [-0.3, -0.25) is 4.79 Å². The fraction of sp³-hybridized carbons (Fsp3) is 0.391. The summed E-state index contributed by atoms with van der Waals surface area (Å²) in [7, 11) is 0. The minimum Gasteiger partial charge on any atom is -0.464 e. The van der Waals surface area contributed by atoms with Gasteiger partial charge in [0.2, 0.25) is 0 Å². The first-order valence-corrected chi connectivity index (χ1v) is 9.98. The molecular formula is C23H27N3O2. The van der Waals surface area contributed by atoms with E-state index in [0.717, 1.165) is 47.6 Å². The molecule has 0 atom stereocenters. The molecular weight excluding hydrogens is 350 g/mol. The number of hydrogen-bond acceptors (Lipinski definition) is 3. The zero-order valence-corrected chi connectivity index (χ0v) is 17.0. The molecule has 0 aliphatic heterocycles. The summed E-state index contributed by atoms with van der Waals surface area (Å²) in [6.45, 7) is 8.52. The summed E-state index contributed by atoms with van der Waals surface area (Å²) in [4.78, 5) is 15.3. The lowest BCUT2D eigenvalue weighted by molar-refractivity contribution is 0.0667. The van der Waals surface area contributed by atoms with Gasteiger partial charge in [0.25, 0.3) is 5.91 Å². The highest BCUT2D eigenvalue weighted by Gasteiger charge is 2.31. The number of benzene rings is 1. The molecule has 146 valence electrons. The number of rotatable bonds is 5. The molecule has 5 nitrogen and oxygen atoms in total. The van der Waals surface area contributed by atoms with Crippen molar-refractivity contribution in [3.63, 3.8) is 0 Å². The van der Waals surface area contributed by atoms with E-state index in [-0.39, 0.29) is 11.9 Å². The third-order valence-corrected chi connectivity index (χ3v) is 5.48. The van der Waals surface area contributed by atoms with Gasteiger partial charge in [-0.25, -0.2) is 4.68 Å². The minimum absolute atomic E-state index is 0.0189. The number of aryl methyl sites for hydroxylation is 2. The Bertz CT molecular complexity index is 1010. The first kappa shape index (κ1) is 18.5. The van der Waals surface area contributed by atoms with Crippen LogP contribution in [0.5, 0.6) is 0 Å². The van der Waals surface area contributed by atoms with Gasteiger partial charge >= 0.3 is 0 Å². The summed E-state index contributed by atoms with van der Waals surface area (Å²) in [5.74, 6) is 1.64. The van der Waals surface area contributed by atoms with E-state index >= 15 is 0 Å². The van der Waals surface area contributed by atoms with Gasteiger partial charge in [0.1, 0.15) is 11.5 Å². The van der Waals surface area contributed by atoms with E-state index < -0.39 is 0 Å². The van der Waals surface area contributed by atoms with Crippen LogP contribution in [0.25, 0.3) is 5.69 Å². The van der Waals surface area contributed by atoms with Crippen molar-refractivity contribution in [1.29, 1.82) is 0 Å². The third kappa shape index (κ3) is 3.26. The van der Waals surface area contributed by atoms with Gasteiger partial charge in [-0.2, -0.15) is 5.10 Å². The van der Waals surface area contributed by atoms with Gasteiger partial charge in [-0.15, -0.1) is 0 Å². The van der Waals surface area contributed by atoms with Crippen LogP contribution in [0, 0.1) is 13.8 Å². The topological polar surface area (TPSA) is 51.3 Å². The van der Waals surface area contributed by atoms with Gasteiger partial charge < -0.3 is 9.32 Å². The van der Waals surface area contributed by atoms with Crippen LogP contribution >= 0.6 is 0 Å². The first-order chi connectivity index (χ1) is 13.5. The molecule has 0 unspecified atom stereocenters. The van der Waals surface area contributed by atoms with Gasteiger partial charge in [0.15, 0.2) is 5.69 Å². The van der Waals surface area contributed by atoms with Crippen molar-refractivity contribution in [3.05, 3.63) is 70.4 Å². The lowest BCUT2D eigenvalue weighted by Gasteiger charge is -2.25. The number of carbonyl (C=O) groups excluding carboxylic acids is 1. The van der Waals surface area contributed by atoms with Crippen LogP contribution < -0.4 is 0 Å². The highest BCUT2D eigenvalue weighted by Crippen LogP contribution is 2.30. The van der Waals surface area contributed by atoms with Gasteiger partial charge in [0.05, 0.1) is 12.2 Å². The number of carbonyl (C=O) groups is 1. The molecule has 2 aromatic heterocycles. The maximum atomic E-state index is 13.5. The van der Waals surface area contributed by atoms with Crippen LogP contribution in [0.15, 0.2) is 40.8 Å². The maximum absolute atomic E-state index is 13.5. The van der Waals surface area contributed by atoms with E-state index in [1.54, 1.807) is 0 Å². The van der Waals surface area contributed by atoms with Crippen molar-refractivity contribution in [2.24, 2.45) is 0 Å². The average Bonchev–Trinajstić information content (AvgIpc) is 3.36. The molecule has 0 saturated carbocycles. The SMILES string of the molecule is Cc1ccc(CN(C(=O)c2nn(-c3ccccc3C)c3c2CCC3)C(C)C)o1. The molecule has 0 N–H and O–H groups in total. The van der Waals surface area contributed by atoms with Crippen LogP contribution in [0.3, 0.4) is 0 Å². The molecule has 0 bridgehead atoms. The highest BCUT2D eigenvalue weighted by atomic mass is 16.3. The normalized spacial score (nSPS) is 13.2. The molecule has 1 aromatic carbocycles. The van der Waals surface area contributed by atoms with Crippen LogP contribution in [0.4, 0.5) is 0 Å². The number of furan rings is 1. The van der Waals surface area contributed by atoms with E-state index in [0.29, 0.717) is 12.2 Å². The summed E-state index contributed by atoms with van der Waals surface area (Å²) in [5.41, 5.74) is 5.08. The zero-order valence-electron chi connectivity index (χ0n) is 17.0. The fourth-order valence-electron chi connectivity index (χ4n) is 3.97. The summed E-state index contributed by atoms with van der Waals surface area (Å²) < 4.78 is 7.70. The predicted octanol–water partition coefficient (Wildman–Crippen LogP) is 4.62. The number of fused-ring (bicyclic) bond motifs is 1. The lowest BCUT2D eigenvalue weighted by Crippen LogP contribution is -2.37. The predicted molar refractivity (Wildman–Crippen MR) is 109 cm³/mol. The molecule has 0 saturated heterocycles. The number of amides is 1. The number of hydrogen-bond donors (Lipinski definition) is 0. The van der Waals surface area contributed by atoms with E-state index in [4.69, 9.17) is 9.52 Å². The Kier molecular flexibility index (Phi) is 4.84. The van der Waals surface area contributed by atoms with E-state index in [1.165, 1.54) is 5.69 Å². The lowest BCUT2D eigenvalue weighted by atomic mass is 10.1. The van der Waals surface area contributed by atoms with E-state index in [9.17, 15) is 4.79 Å². The Balaban J connectivity index is 1.73. The fourth-order valence-corrected chi connectivity index (χ4v) is 3.97. The Morgan fingerprint density at radius 1 is 1.18 bits per heavy atom. The van der Waals surface area contributed by atoms with Gasteiger partial charge in [-0.05, 0) is 70.7 Å². The monoisotopic (exact) mass is 377 g/mol. The summed E-state index contributed by atoms with van der Waals surface area (Å²) in [5, 5.41) is 4.81. The van der Waals surface area contributed by atoms with E-state index in [1.807, 2.05) is 54.6 Å². The number of aromatic nitrogens is 2. The second-order valence-corrected chi connectivity index (χ2v) is 7.86. The molecule has 3 aromatic rings. The van der Waals surface area contributed by atoms with Crippen molar-refractivity contribution < 1.29 is 9.21 Å². The Hall–Kier alpha value is -2.82.